The van der Waals surface area contributed by atoms with Crippen LogP contribution in [0.2, 0.25) is 5.02 Å². The van der Waals surface area contributed by atoms with Crippen LogP contribution in [-0.2, 0) is 22.1 Å². The van der Waals surface area contributed by atoms with Gasteiger partial charge in [-0.1, -0.05) is 11.6 Å². The lowest BCUT2D eigenvalue weighted by atomic mass is 10.3. The van der Waals surface area contributed by atoms with Gasteiger partial charge in [0, 0.05) is 11.6 Å². The quantitative estimate of drug-likeness (QED) is 0.847. The molecular formula is C12H10ClFN2O4S. The Bertz CT molecular complexity index is 901. The highest BCUT2D eigenvalue weighted by Crippen LogP contribution is 2.27. The van der Waals surface area contributed by atoms with Gasteiger partial charge in [0.15, 0.2) is 9.84 Å². The first-order chi connectivity index (χ1) is 9.80. The molecule has 112 valence electrons. The van der Waals surface area contributed by atoms with Crippen molar-refractivity contribution in [3.8, 4) is 11.6 Å². The molecule has 6 nitrogen and oxygen atoms in total. The molecule has 0 unspecified atom stereocenters. The normalized spacial score (nSPS) is 16.7. The number of sulfone groups is 1. The van der Waals surface area contributed by atoms with Crippen LogP contribution < -0.4 is 5.69 Å². The highest BCUT2D eigenvalue weighted by Gasteiger charge is 2.30. The van der Waals surface area contributed by atoms with Gasteiger partial charge < -0.3 is 5.11 Å². The number of hydrogen-bond acceptors (Lipinski definition) is 4. The largest absolute Gasteiger partial charge is 0.493 e. The molecule has 21 heavy (non-hydrogen) atoms. The molecule has 1 aliphatic rings. The Hall–Kier alpha value is -1.80. The van der Waals surface area contributed by atoms with Gasteiger partial charge in [-0.25, -0.2) is 22.2 Å². The highest BCUT2D eigenvalue weighted by molar-refractivity contribution is 7.90. The van der Waals surface area contributed by atoms with Crippen LogP contribution in [0.4, 0.5) is 4.39 Å². The van der Waals surface area contributed by atoms with Crippen molar-refractivity contribution in [3.05, 3.63) is 45.2 Å². The van der Waals surface area contributed by atoms with Gasteiger partial charge in [0.1, 0.15) is 5.82 Å². The molecule has 0 bridgehead atoms. The summed E-state index contributed by atoms with van der Waals surface area (Å²) in [6, 6.07) is 3.63. The summed E-state index contributed by atoms with van der Waals surface area (Å²) >= 11 is 5.65. The first-order valence-corrected chi connectivity index (χ1v) is 8.19. The zero-order chi connectivity index (χ0) is 15.4. The zero-order valence-electron chi connectivity index (χ0n) is 10.6. The van der Waals surface area contributed by atoms with Crippen molar-refractivity contribution in [2.45, 2.75) is 12.3 Å². The minimum atomic E-state index is -3.37. The minimum absolute atomic E-state index is 0.0272. The van der Waals surface area contributed by atoms with E-state index in [1.54, 1.807) is 0 Å². The van der Waals surface area contributed by atoms with Crippen molar-refractivity contribution in [2.75, 3.05) is 5.75 Å². The van der Waals surface area contributed by atoms with Crippen LogP contribution >= 0.6 is 11.6 Å². The molecule has 0 spiro atoms. The molecule has 0 atom stereocenters. The molecule has 2 heterocycles. The predicted octanol–water partition coefficient (Wildman–Crippen LogP) is 1.07. The Morgan fingerprint density at radius 1 is 1.33 bits per heavy atom. The summed E-state index contributed by atoms with van der Waals surface area (Å²) < 4.78 is 39.0. The average Bonchev–Trinajstić information content (AvgIpc) is 2.61. The number of fused-ring (bicyclic) bond motifs is 1. The van der Waals surface area contributed by atoms with Crippen molar-refractivity contribution in [2.24, 2.45) is 0 Å². The van der Waals surface area contributed by atoms with Crippen molar-refractivity contribution in [3.63, 3.8) is 0 Å². The highest BCUT2D eigenvalue weighted by atomic mass is 35.5. The third-order valence-corrected chi connectivity index (χ3v) is 5.10. The Morgan fingerprint density at radius 2 is 2.05 bits per heavy atom. The number of aromatic nitrogens is 2. The molecular weight excluding hydrogens is 323 g/mol. The van der Waals surface area contributed by atoms with E-state index in [0.717, 1.165) is 15.2 Å². The molecule has 9 heteroatoms. The van der Waals surface area contributed by atoms with E-state index < -0.39 is 33.0 Å². The third-order valence-electron chi connectivity index (χ3n) is 3.35. The zero-order valence-corrected chi connectivity index (χ0v) is 12.2. The second-order valence-electron chi connectivity index (χ2n) is 4.73. The van der Waals surface area contributed by atoms with Gasteiger partial charge in [0.2, 0.25) is 5.88 Å². The standard InChI is InChI=1S/C12H10ClFN2O4S/c13-7-1-2-9(8(14)5-7)16-11(17)10-6-21(19,20)4-3-15(10)12(16)18/h1-2,5,17H,3-4,6H2. The maximum absolute atomic E-state index is 13.9. The second-order valence-corrected chi connectivity index (χ2v) is 7.35. The van der Waals surface area contributed by atoms with E-state index in [-0.39, 0.29) is 28.7 Å². The fourth-order valence-electron chi connectivity index (χ4n) is 2.34. The van der Waals surface area contributed by atoms with E-state index in [9.17, 15) is 22.7 Å². The lowest BCUT2D eigenvalue weighted by Gasteiger charge is -2.13. The molecule has 1 aliphatic heterocycles. The third kappa shape index (κ3) is 2.24. The van der Waals surface area contributed by atoms with Crippen molar-refractivity contribution in [1.82, 2.24) is 9.13 Å². The molecule has 1 aromatic heterocycles. The van der Waals surface area contributed by atoms with E-state index in [0.29, 0.717) is 0 Å². The Balaban J connectivity index is 2.27. The number of aromatic hydroxyl groups is 1. The van der Waals surface area contributed by atoms with Gasteiger partial charge in [-0.3, -0.25) is 4.57 Å². The van der Waals surface area contributed by atoms with E-state index in [1.165, 1.54) is 12.1 Å². The number of hydrogen-bond donors (Lipinski definition) is 1. The van der Waals surface area contributed by atoms with E-state index in [1.807, 2.05) is 0 Å². The van der Waals surface area contributed by atoms with Crippen LogP contribution in [0.15, 0.2) is 23.0 Å². The molecule has 1 aromatic carbocycles. The lowest BCUT2D eigenvalue weighted by molar-refractivity contribution is 0.432. The molecule has 0 fully saturated rings. The smallest absolute Gasteiger partial charge is 0.336 e. The number of rotatable bonds is 1. The maximum Gasteiger partial charge on any atom is 0.336 e. The SMILES string of the molecule is O=c1n2c(c(O)n1-c1ccc(Cl)cc1F)CS(=O)(=O)CC2. The molecule has 0 radical (unpaired) electrons. The van der Waals surface area contributed by atoms with Crippen LogP contribution in [0.25, 0.3) is 5.69 Å². The van der Waals surface area contributed by atoms with Crippen molar-refractivity contribution < 1.29 is 17.9 Å². The lowest BCUT2D eigenvalue weighted by Crippen LogP contribution is -2.31. The summed E-state index contributed by atoms with van der Waals surface area (Å²) in [5, 5.41) is 10.3. The summed E-state index contributed by atoms with van der Waals surface area (Å²) in [6.45, 7) is -0.0632. The van der Waals surface area contributed by atoms with E-state index in [4.69, 9.17) is 11.6 Å². The first-order valence-electron chi connectivity index (χ1n) is 5.99. The molecule has 0 saturated heterocycles. The van der Waals surface area contributed by atoms with Crippen LogP contribution in [0.3, 0.4) is 0 Å². The summed E-state index contributed by atoms with van der Waals surface area (Å²) in [6.07, 6.45) is 0. The summed E-state index contributed by atoms with van der Waals surface area (Å²) in [4.78, 5) is 12.3. The second kappa shape index (κ2) is 4.60. The summed E-state index contributed by atoms with van der Waals surface area (Å²) in [5.74, 6) is -1.99. The van der Waals surface area contributed by atoms with Crippen LogP contribution in [0.1, 0.15) is 5.69 Å². The molecule has 0 amide bonds. The Kier molecular flexibility index (Phi) is 3.10. The van der Waals surface area contributed by atoms with E-state index in [2.05, 4.69) is 0 Å². The van der Waals surface area contributed by atoms with Crippen molar-refractivity contribution >= 4 is 21.4 Å². The summed E-state index contributed by atoms with van der Waals surface area (Å²) in [7, 11) is -3.37. The fraction of sp³-hybridized carbons (Fsp3) is 0.250. The topological polar surface area (TPSA) is 81.3 Å². The molecule has 3 rings (SSSR count). The first kappa shape index (κ1) is 14.2. The number of imidazole rings is 1. The molecule has 2 aromatic rings. The van der Waals surface area contributed by atoms with Gasteiger partial charge in [-0.15, -0.1) is 0 Å². The molecule has 0 aliphatic carbocycles. The molecule has 0 saturated carbocycles. The maximum atomic E-state index is 13.9. The van der Waals surface area contributed by atoms with Gasteiger partial charge in [-0.05, 0) is 18.2 Å². The fourth-order valence-corrected chi connectivity index (χ4v) is 3.81. The average molecular weight is 333 g/mol. The number of halogens is 2. The summed E-state index contributed by atoms with van der Waals surface area (Å²) in [5.41, 5.74) is -0.888. The van der Waals surface area contributed by atoms with E-state index >= 15 is 0 Å². The van der Waals surface area contributed by atoms with Gasteiger partial charge in [0.25, 0.3) is 0 Å². The van der Waals surface area contributed by atoms with Crippen LogP contribution in [0, 0.1) is 5.82 Å². The Labute approximate surface area is 123 Å². The number of nitrogens with zero attached hydrogens (tertiary/aromatic N) is 2. The number of benzene rings is 1. The van der Waals surface area contributed by atoms with Gasteiger partial charge in [-0.2, -0.15) is 0 Å². The molecule has 1 N–H and O–H groups in total. The van der Waals surface area contributed by atoms with Crippen LogP contribution in [-0.4, -0.2) is 28.4 Å². The van der Waals surface area contributed by atoms with Gasteiger partial charge in [0.05, 0.1) is 22.9 Å². The Morgan fingerprint density at radius 3 is 2.71 bits per heavy atom. The van der Waals surface area contributed by atoms with Crippen LogP contribution in [0.5, 0.6) is 5.88 Å². The monoisotopic (exact) mass is 332 g/mol. The minimum Gasteiger partial charge on any atom is -0.493 e. The predicted molar refractivity (Wildman–Crippen MR) is 74.2 cm³/mol. The van der Waals surface area contributed by atoms with Gasteiger partial charge >= 0.3 is 5.69 Å². The van der Waals surface area contributed by atoms with Crippen molar-refractivity contribution in [1.29, 1.82) is 0 Å².